The molecule has 1 aromatic rings. The Morgan fingerprint density at radius 3 is 2.24 bits per heavy atom. The molecule has 140 valence electrons. The van der Waals surface area contributed by atoms with Crippen LogP contribution in [0.15, 0.2) is 4.79 Å². The molecular weight excluding hydrogens is 344 g/mol. The first kappa shape index (κ1) is 19.6. The van der Waals surface area contributed by atoms with Crippen LogP contribution in [0.4, 0.5) is 0 Å². The minimum atomic E-state index is -3.29. The summed E-state index contributed by atoms with van der Waals surface area (Å²) in [4.78, 5) is 30.6. The number of sulfonamides is 1. The third-order valence-electron chi connectivity index (χ3n) is 4.71. The van der Waals surface area contributed by atoms with Crippen LogP contribution in [0.25, 0.3) is 0 Å². The Morgan fingerprint density at radius 1 is 1.16 bits per heavy atom. The van der Waals surface area contributed by atoms with Gasteiger partial charge in [-0.25, -0.2) is 13.4 Å². The average Bonchev–Trinajstić information content (AvgIpc) is 2.57. The van der Waals surface area contributed by atoms with Crippen LogP contribution in [0.3, 0.4) is 0 Å². The summed E-state index contributed by atoms with van der Waals surface area (Å²) in [6.07, 6.45) is 0.0552. The first-order valence-corrected chi connectivity index (χ1v) is 9.86. The molecule has 0 atom stereocenters. The summed E-state index contributed by atoms with van der Waals surface area (Å²) in [6, 6.07) is 0. The number of amides is 1. The van der Waals surface area contributed by atoms with Crippen molar-refractivity contribution in [2.24, 2.45) is 7.05 Å². The molecule has 2 heterocycles. The Kier molecular flexibility index (Phi) is 5.68. The maximum Gasteiger partial charge on any atom is 0.256 e. The molecule has 0 N–H and O–H groups in total. The Labute approximate surface area is 148 Å². The van der Waals surface area contributed by atoms with Gasteiger partial charge in [0.15, 0.2) is 0 Å². The molecule has 9 heteroatoms. The lowest BCUT2D eigenvalue weighted by molar-refractivity contribution is -0.131. The number of piperazine rings is 1. The van der Waals surface area contributed by atoms with Crippen molar-refractivity contribution in [3.63, 3.8) is 0 Å². The van der Waals surface area contributed by atoms with Crippen LogP contribution in [0.5, 0.6) is 0 Å². The van der Waals surface area contributed by atoms with Gasteiger partial charge in [-0.05, 0) is 27.7 Å². The summed E-state index contributed by atoms with van der Waals surface area (Å²) in [5, 5.41) is -0.467. The summed E-state index contributed by atoms with van der Waals surface area (Å²) >= 11 is 0. The van der Waals surface area contributed by atoms with Crippen LogP contribution in [0.1, 0.15) is 30.9 Å². The SMILES string of the molecule is Cc1c(CC(=O)N2CCN(S(=O)(=O)C(C)C)CC2)nc(C)n(C)c1=O. The maximum absolute atomic E-state index is 12.5. The molecule has 0 bridgehead atoms. The number of rotatable bonds is 4. The van der Waals surface area contributed by atoms with Gasteiger partial charge in [-0.15, -0.1) is 0 Å². The van der Waals surface area contributed by atoms with Gasteiger partial charge in [-0.3, -0.25) is 14.2 Å². The van der Waals surface area contributed by atoms with E-state index >= 15 is 0 Å². The van der Waals surface area contributed by atoms with E-state index in [0.717, 1.165) is 0 Å². The zero-order valence-electron chi connectivity index (χ0n) is 15.4. The van der Waals surface area contributed by atoms with E-state index in [1.54, 1.807) is 39.6 Å². The molecule has 1 saturated heterocycles. The van der Waals surface area contributed by atoms with Crippen molar-refractivity contribution in [1.82, 2.24) is 18.8 Å². The first-order valence-electron chi connectivity index (χ1n) is 8.35. The molecule has 0 aromatic carbocycles. The topological polar surface area (TPSA) is 92.6 Å². The van der Waals surface area contributed by atoms with Crippen LogP contribution < -0.4 is 5.56 Å². The number of carbonyl (C=O) groups excluding carboxylic acids is 1. The van der Waals surface area contributed by atoms with E-state index in [1.807, 2.05) is 0 Å². The molecule has 1 amide bonds. The molecule has 25 heavy (non-hydrogen) atoms. The highest BCUT2D eigenvalue weighted by Gasteiger charge is 2.31. The molecular formula is C16H26N4O4S. The van der Waals surface area contributed by atoms with Crippen molar-refractivity contribution in [1.29, 1.82) is 0 Å². The van der Waals surface area contributed by atoms with Crippen molar-refractivity contribution in [3.05, 3.63) is 27.4 Å². The Bertz CT molecular complexity index is 821. The predicted octanol–water partition coefficient (Wildman–Crippen LogP) is -0.178. The summed E-state index contributed by atoms with van der Waals surface area (Å²) in [6.45, 7) is 8.01. The van der Waals surface area contributed by atoms with Crippen molar-refractivity contribution in [3.8, 4) is 0 Å². The van der Waals surface area contributed by atoms with Crippen molar-refractivity contribution in [2.45, 2.75) is 39.4 Å². The van der Waals surface area contributed by atoms with E-state index < -0.39 is 15.3 Å². The van der Waals surface area contributed by atoms with Gasteiger partial charge in [-0.2, -0.15) is 4.31 Å². The van der Waals surface area contributed by atoms with E-state index in [9.17, 15) is 18.0 Å². The quantitative estimate of drug-likeness (QED) is 0.733. The van der Waals surface area contributed by atoms with E-state index in [4.69, 9.17) is 0 Å². The number of hydrogen-bond acceptors (Lipinski definition) is 5. The highest BCUT2D eigenvalue weighted by Crippen LogP contribution is 2.13. The monoisotopic (exact) mass is 370 g/mol. The number of nitrogens with zero attached hydrogens (tertiary/aromatic N) is 4. The Morgan fingerprint density at radius 2 is 1.72 bits per heavy atom. The lowest BCUT2D eigenvalue weighted by Crippen LogP contribution is -2.52. The number of hydrogen-bond donors (Lipinski definition) is 0. The van der Waals surface area contributed by atoms with Gasteiger partial charge in [0.2, 0.25) is 15.9 Å². The third-order valence-corrected chi connectivity index (χ3v) is 6.98. The number of aryl methyl sites for hydroxylation is 1. The Balaban J connectivity index is 2.06. The fourth-order valence-electron chi connectivity index (χ4n) is 2.79. The molecule has 2 rings (SSSR count). The molecule has 0 saturated carbocycles. The van der Waals surface area contributed by atoms with E-state index in [0.29, 0.717) is 43.3 Å². The van der Waals surface area contributed by atoms with Gasteiger partial charge in [-0.1, -0.05) is 0 Å². The molecule has 0 unspecified atom stereocenters. The van der Waals surface area contributed by atoms with Crippen molar-refractivity contribution < 1.29 is 13.2 Å². The molecule has 0 aliphatic carbocycles. The fourth-order valence-corrected chi connectivity index (χ4v) is 4.06. The van der Waals surface area contributed by atoms with Crippen LogP contribution >= 0.6 is 0 Å². The Hall–Kier alpha value is -1.74. The van der Waals surface area contributed by atoms with Crippen LogP contribution in [-0.4, -0.2) is 64.5 Å². The van der Waals surface area contributed by atoms with Crippen molar-refractivity contribution in [2.75, 3.05) is 26.2 Å². The lowest BCUT2D eigenvalue weighted by atomic mass is 10.1. The number of aromatic nitrogens is 2. The predicted molar refractivity (Wildman–Crippen MR) is 94.9 cm³/mol. The average molecular weight is 370 g/mol. The summed E-state index contributed by atoms with van der Waals surface area (Å²) < 4.78 is 27.3. The zero-order valence-corrected chi connectivity index (χ0v) is 16.3. The second kappa shape index (κ2) is 7.25. The summed E-state index contributed by atoms with van der Waals surface area (Å²) in [5.41, 5.74) is 0.813. The van der Waals surface area contributed by atoms with Crippen molar-refractivity contribution >= 4 is 15.9 Å². The summed E-state index contributed by atoms with van der Waals surface area (Å²) in [7, 11) is -1.64. The maximum atomic E-state index is 12.5. The van der Waals surface area contributed by atoms with Gasteiger partial charge in [0, 0.05) is 38.8 Å². The fraction of sp³-hybridized carbons (Fsp3) is 0.688. The first-order chi connectivity index (χ1) is 11.6. The summed E-state index contributed by atoms with van der Waals surface area (Å²) in [5.74, 6) is 0.427. The smallest absolute Gasteiger partial charge is 0.256 e. The second-order valence-corrected chi connectivity index (χ2v) is 9.13. The standard InChI is InChI=1S/C16H26N4O4S/c1-11(2)25(23,24)20-8-6-19(7-9-20)15(21)10-14-12(3)16(22)18(5)13(4)17-14/h11H,6-10H2,1-5H3. The van der Waals surface area contributed by atoms with Gasteiger partial charge in [0.05, 0.1) is 17.4 Å². The van der Waals surface area contributed by atoms with Crippen LogP contribution in [-0.2, 0) is 28.3 Å². The molecule has 1 aromatic heterocycles. The second-order valence-electron chi connectivity index (χ2n) is 6.65. The van der Waals surface area contributed by atoms with Gasteiger partial charge < -0.3 is 4.90 Å². The van der Waals surface area contributed by atoms with Gasteiger partial charge in [0.25, 0.3) is 5.56 Å². The normalized spacial score (nSPS) is 16.5. The van der Waals surface area contributed by atoms with Crippen LogP contribution in [0.2, 0.25) is 0 Å². The minimum absolute atomic E-state index is 0.0552. The van der Waals surface area contributed by atoms with Gasteiger partial charge >= 0.3 is 0 Å². The zero-order chi connectivity index (χ0) is 18.9. The molecule has 1 aliphatic rings. The van der Waals surface area contributed by atoms with E-state index in [1.165, 1.54) is 8.87 Å². The number of carbonyl (C=O) groups is 1. The molecule has 8 nitrogen and oxygen atoms in total. The van der Waals surface area contributed by atoms with E-state index in [-0.39, 0.29) is 17.9 Å². The van der Waals surface area contributed by atoms with Crippen LogP contribution in [0, 0.1) is 13.8 Å². The minimum Gasteiger partial charge on any atom is -0.340 e. The lowest BCUT2D eigenvalue weighted by Gasteiger charge is -2.35. The third kappa shape index (κ3) is 3.92. The highest BCUT2D eigenvalue weighted by atomic mass is 32.2. The molecule has 1 fully saturated rings. The molecule has 0 radical (unpaired) electrons. The largest absolute Gasteiger partial charge is 0.340 e. The van der Waals surface area contributed by atoms with E-state index in [2.05, 4.69) is 4.98 Å². The molecule has 0 spiro atoms. The molecule has 1 aliphatic heterocycles. The van der Waals surface area contributed by atoms with Gasteiger partial charge in [0.1, 0.15) is 5.82 Å². The highest BCUT2D eigenvalue weighted by molar-refractivity contribution is 7.89.